The first-order valence-electron chi connectivity index (χ1n) is 13.3. The second-order valence-electron chi connectivity index (χ2n) is 9.93. The van der Waals surface area contributed by atoms with E-state index in [0.717, 1.165) is 57.8 Å². The fourth-order valence-corrected chi connectivity index (χ4v) is 5.22. The fraction of sp³-hybridized carbons (Fsp3) is 0.188. The van der Waals surface area contributed by atoms with Crippen LogP contribution in [0, 0.1) is 0 Å². The Morgan fingerprint density at radius 1 is 1.05 bits per heavy atom. The summed E-state index contributed by atoms with van der Waals surface area (Å²) in [5.41, 5.74) is 7.19. The second kappa shape index (κ2) is 11.0. The molecule has 0 bridgehead atoms. The lowest BCUT2D eigenvalue weighted by molar-refractivity contribution is 0.0970. The Morgan fingerprint density at radius 3 is 2.67 bits per heavy atom. The number of anilines is 1. The molecular weight excluding hydrogens is 502 g/mol. The number of H-pyrrole nitrogens is 1. The maximum absolute atomic E-state index is 13.0. The Hall–Kier alpha value is -4.98. The number of fused-ring (bicyclic) bond motifs is 1. The number of nitrogens with zero attached hydrogens (tertiary/aromatic N) is 3. The second-order valence-corrected chi connectivity index (χ2v) is 9.93. The number of carbonyl (C=O) groups is 2. The molecule has 200 valence electrons. The first-order valence-corrected chi connectivity index (χ1v) is 13.3. The monoisotopic (exact) mass is 531 g/mol. The van der Waals surface area contributed by atoms with Crippen molar-refractivity contribution in [3.63, 3.8) is 0 Å². The van der Waals surface area contributed by atoms with Gasteiger partial charge in [0, 0.05) is 42.1 Å². The molecule has 2 N–H and O–H groups in total. The Labute approximate surface area is 232 Å². The Balaban J connectivity index is 1.23. The van der Waals surface area contributed by atoms with Gasteiger partial charge in [-0.05, 0) is 53.8 Å². The number of Topliss-reactive ketones (excluding diaryl/α,β-unsaturated/α-hetero) is 1. The van der Waals surface area contributed by atoms with E-state index >= 15 is 0 Å². The van der Waals surface area contributed by atoms with E-state index in [1.54, 1.807) is 30.4 Å². The summed E-state index contributed by atoms with van der Waals surface area (Å²) in [5, 5.41) is 7.24. The number of methoxy groups -OCH3 is 1. The molecule has 0 fully saturated rings. The molecule has 5 aromatic rings. The largest absolute Gasteiger partial charge is 0.497 e. The van der Waals surface area contributed by atoms with Gasteiger partial charge in [0.2, 0.25) is 0 Å². The van der Waals surface area contributed by atoms with Crippen molar-refractivity contribution in [1.29, 1.82) is 0 Å². The molecule has 0 radical (unpaired) electrons. The van der Waals surface area contributed by atoms with Crippen molar-refractivity contribution in [2.45, 2.75) is 32.2 Å². The highest BCUT2D eigenvalue weighted by Gasteiger charge is 2.27. The van der Waals surface area contributed by atoms with Gasteiger partial charge in [-0.25, -0.2) is 4.98 Å². The van der Waals surface area contributed by atoms with Gasteiger partial charge < -0.3 is 15.0 Å². The van der Waals surface area contributed by atoms with Gasteiger partial charge in [-0.15, -0.1) is 0 Å². The van der Waals surface area contributed by atoms with Crippen LogP contribution < -0.4 is 10.1 Å². The summed E-state index contributed by atoms with van der Waals surface area (Å²) in [6.07, 6.45) is 7.84. The molecule has 6 rings (SSSR count). The van der Waals surface area contributed by atoms with Gasteiger partial charge in [-0.2, -0.15) is 5.10 Å². The van der Waals surface area contributed by atoms with Crippen LogP contribution in [0.5, 0.6) is 5.75 Å². The number of hydrogen-bond acceptors (Lipinski definition) is 5. The van der Waals surface area contributed by atoms with Gasteiger partial charge in [0.05, 0.1) is 31.1 Å². The molecule has 1 amide bonds. The lowest BCUT2D eigenvalue weighted by Gasteiger charge is -2.12. The number of aromatic amines is 1. The Kier molecular flexibility index (Phi) is 6.97. The first kappa shape index (κ1) is 25.3. The molecule has 3 heterocycles. The van der Waals surface area contributed by atoms with Crippen molar-refractivity contribution in [2.75, 3.05) is 12.4 Å². The Bertz CT molecular complexity index is 1670. The van der Waals surface area contributed by atoms with Crippen LogP contribution in [0.1, 0.15) is 55.9 Å². The highest BCUT2D eigenvalue weighted by Crippen LogP contribution is 2.35. The quantitative estimate of drug-likeness (QED) is 0.268. The molecule has 2 aromatic carbocycles. The van der Waals surface area contributed by atoms with E-state index in [4.69, 9.17) is 4.74 Å². The van der Waals surface area contributed by atoms with Crippen molar-refractivity contribution >= 4 is 17.5 Å². The van der Waals surface area contributed by atoms with E-state index in [1.807, 2.05) is 54.6 Å². The minimum atomic E-state index is -0.295. The minimum absolute atomic E-state index is 0.184. The van der Waals surface area contributed by atoms with Crippen molar-refractivity contribution in [3.05, 3.63) is 119 Å². The Morgan fingerprint density at radius 2 is 1.88 bits per heavy atom. The predicted molar refractivity (Wildman–Crippen MR) is 153 cm³/mol. The third-order valence-corrected chi connectivity index (χ3v) is 7.20. The van der Waals surface area contributed by atoms with E-state index in [9.17, 15) is 9.59 Å². The van der Waals surface area contributed by atoms with Crippen LogP contribution >= 0.6 is 0 Å². The topological polar surface area (TPSA) is 102 Å². The fourth-order valence-electron chi connectivity index (χ4n) is 5.22. The normalized spacial score (nSPS) is 12.7. The number of rotatable bonds is 8. The molecule has 0 aliphatic heterocycles. The van der Waals surface area contributed by atoms with Gasteiger partial charge in [0.1, 0.15) is 11.6 Å². The van der Waals surface area contributed by atoms with Crippen LogP contribution in [0.3, 0.4) is 0 Å². The van der Waals surface area contributed by atoms with E-state index in [2.05, 4.69) is 32.5 Å². The molecule has 3 aromatic heterocycles. The smallest absolute Gasteiger partial charge is 0.260 e. The maximum atomic E-state index is 13.0. The summed E-state index contributed by atoms with van der Waals surface area (Å²) in [4.78, 5) is 33.9. The lowest BCUT2D eigenvalue weighted by Crippen LogP contribution is -2.12. The van der Waals surface area contributed by atoms with E-state index in [1.165, 1.54) is 0 Å². The zero-order chi connectivity index (χ0) is 27.5. The number of pyridine rings is 1. The van der Waals surface area contributed by atoms with Gasteiger partial charge >= 0.3 is 0 Å². The van der Waals surface area contributed by atoms with E-state index < -0.39 is 0 Å². The molecule has 0 spiro atoms. The zero-order valence-electron chi connectivity index (χ0n) is 22.2. The van der Waals surface area contributed by atoms with Crippen LogP contribution in [-0.2, 0) is 19.4 Å². The molecule has 0 atom stereocenters. The van der Waals surface area contributed by atoms with Gasteiger partial charge in [-0.3, -0.25) is 14.3 Å². The number of hydrogen-bond donors (Lipinski definition) is 2. The average Bonchev–Trinajstić information content (AvgIpc) is 3.60. The van der Waals surface area contributed by atoms with Crippen LogP contribution in [0.25, 0.3) is 11.3 Å². The molecule has 0 saturated heterocycles. The number of aryl methyl sites for hydroxylation is 1. The molecular formula is C32H29N5O3. The van der Waals surface area contributed by atoms with Crippen molar-refractivity contribution in [3.8, 4) is 17.0 Å². The number of aromatic nitrogens is 4. The van der Waals surface area contributed by atoms with Gasteiger partial charge in [0.25, 0.3) is 5.91 Å². The number of ketones is 1. The average molecular weight is 532 g/mol. The number of amides is 1. The third kappa shape index (κ3) is 5.29. The van der Waals surface area contributed by atoms with E-state index in [0.29, 0.717) is 30.8 Å². The number of carbonyl (C=O) groups excluding carboxylic acids is 2. The molecule has 0 unspecified atom stereocenters. The van der Waals surface area contributed by atoms with Crippen LogP contribution in [0.15, 0.2) is 85.3 Å². The first-order chi connectivity index (χ1) is 19.6. The SMILES string of the molecule is COc1ccc(Cn2cc(C(=O)Nc3cc(-c4[nH]c5c(c4Cc4ccccc4)C(=O)CCC5)ccn3)cn2)cc1. The van der Waals surface area contributed by atoms with Gasteiger partial charge in [-0.1, -0.05) is 42.5 Å². The maximum Gasteiger partial charge on any atom is 0.260 e. The summed E-state index contributed by atoms with van der Waals surface area (Å²) >= 11 is 0. The number of nitrogens with one attached hydrogen (secondary N) is 2. The van der Waals surface area contributed by atoms with Crippen LogP contribution in [0.2, 0.25) is 0 Å². The minimum Gasteiger partial charge on any atom is -0.497 e. The lowest BCUT2D eigenvalue weighted by atomic mass is 9.90. The summed E-state index contributed by atoms with van der Waals surface area (Å²) in [6, 6.07) is 21.6. The summed E-state index contributed by atoms with van der Waals surface area (Å²) in [5.74, 6) is 1.10. The predicted octanol–water partition coefficient (Wildman–Crippen LogP) is 5.69. The van der Waals surface area contributed by atoms with Gasteiger partial charge in [0.15, 0.2) is 5.78 Å². The molecule has 0 saturated carbocycles. The molecule has 1 aliphatic rings. The number of benzene rings is 2. The molecule has 1 aliphatic carbocycles. The summed E-state index contributed by atoms with van der Waals surface area (Å²) in [7, 11) is 1.63. The summed E-state index contributed by atoms with van der Waals surface area (Å²) in [6.45, 7) is 0.533. The van der Waals surface area contributed by atoms with Crippen molar-refractivity contribution in [2.24, 2.45) is 0 Å². The molecule has 40 heavy (non-hydrogen) atoms. The molecule has 8 nitrogen and oxygen atoms in total. The highest BCUT2D eigenvalue weighted by molar-refractivity contribution is 6.04. The van der Waals surface area contributed by atoms with Crippen LogP contribution in [0.4, 0.5) is 5.82 Å². The van der Waals surface area contributed by atoms with Crippen molar-refractivity contribution in [1.82, 2.24) is 19.7 Å². The standard InChI is InChI=1S/C32H29N5O3/c1-40-25-12-10-22(11-13-25)19-37-20-24(18-34-37)32(39)36-29-17-23(14-15-33-29)31-26(16-21-6-3-2-4-7-21)30-27(35-31)8-5-9-28(30)38/h2-4,6-7,10-15,17-18,20,35H,5,8-9,16,19H2,1H3,(H,33,36,39). The van der Waals surface area contributed by atoms with Crippen LogP contribution in [-0.4, -0.2) is 38.5 Å². The molecule has 8 heteroatoms. The third-order valence-electron chi connectivity index (χ3n) is 7.20. The number of ether oxygens (including phenoxy) is 1. The highest BCUT2D eigenvalue weighted by atomic mass is 16.5. The summed E-state index contributed by atoms with van der Waals surface area (Å²) < 4.78 is 6.93. The zero-order valence-corrected chi connectivity index (χ0v) is 22.2. The van der Waals surface area contributed by atoms with E-state index in [-0.39, 0.29) is 11.7 Å². The van der Waals surface area contributed by atoms with Crippen molar-refractivity contribution < 1.29 is 14.3 Å².